The molecule has 0 atom stereocenters. The molecule has 0 aliphatic rings. The first-order valence-electron chi connectivity index (χ1n) is 16.1. The molecule has 0 saturated heterocycles. The smallest absolute Gasteiger partial charge is 0.164 e. The summed E-state index contributed by atoms with van der Waals surface area (Å²) in [5.41, 5.74) is 8.81. The number of fused-ring (bicyclic) bond motifs is 4. The minimum absolute atomic E-state index is 0.545. The van der Waals surface area contributed by atoms with Crippen LogP contribution >= 0.6 is 0 Å². The maximum absolute atomic E-state index is 9.73. The van der Waals surface area contributed by atoms with Gasteiger partial charge in [0.25, 0.3) is 0 Å². The van der Waals surface area contributed by atoms with E-state index >= 15 is 0 Å². The second kappa shape index (κ2) is 11.7. The Labute approximate surface area is 282 Å². The van der Waals surface area contributed by atoms with Crippen molar-refractivity contribution in [2.45, 2.75) is 0 Å². The van der Waals surface area contributed by atoms with Crippen LogP contribution in [0.25, 0.3) is 89.1 Å². The number of nitrogens with zero attached hydrogens (tertiary/aromatic N) is 4. The zero-order valence-corrected chi connectivity index (χ0v) is 26.2. The molecular weight excluding hydrogens is 601 g/mol. The first-order valence-corrected chi connectivity index (χ1v) is 16.1. The molecule has 9 aromatic rings. The zero-order valence-electron chi connectivity index (χ0n) is 26.2. The molecule has 2 heterocycles. The van der Waals surface area contributed by atoms with Crippen molar-refractivity contribution >= 4 is 32.7 Å². The molecule has 0 saturated carbocycles. The van der Waals surface area contributed by atoms with Crippen molar-refractivity contribution in [1.82, 2.24) is 15.0 Å². The van der Waals surface area contributed by atoms with E-state index in [0.29, 0.717) is 23.0 Å². The molecule has 0 bridgehead atoms. The quantitative estimate of drug-likeness (QED) is 0.190. The topological polar surface area (TPSA) is 75.6 Å². The van der Waals surface area contributed by atoms with Gasteiger partial charge in [-0.25, -0.2) is 15.0 Å². The van der Waals surface area contributed by atoms with Crippen molar-refractivity contribution in [1.29, 1.82) is 5.26 Å². The summed E-state index contributed by atoms with van der Waals surface area (Å²) in [5.74, 6) is 1.67. The first-order chi connectivity index (χ1) is 24.2. The first kappa shape index (κ1) is 28.3. The Kier molecular flexibility index (Phi) is 6.78. The average molecular weight is 627 g/mol. The molecular formula is C44H26N4O. The van der Waals surface area contributed by atoms with E-state index in [4.69, 9.17) is 19.4 Å². The molecule has 0 amide bonds. The van der Waals surface area contributed by atoms with E-state index in [-0.39, 0.29) is 0 Å². The van der Waals surface area contributed by atoms with Crippen LogP contribution in [0.5, 0.6) is 0 Å². The van der Waals surface area contributed by atoms with Crippen LogP contribution in [0.2, 0.25) is 0 Å². The van der Waals surface area contributed by atoms with E-state index in [1.54, 1.807) is 0 Å². The highest BCUT2D eigenvalue weighted by Crippen LogP contribution is 2.39. The van der Waals surface area contributed by atoms with E-state index in [9.17, 15) is 5.26 Å². The van der Waals surface area contributed by atoms with E-state index in [0.717, 1.165) is 60.9 Å². The van der Waals surface area contributed by atoms with Crippen molar-refractivity contribution in [3.8, 4) is 62.5 Å². The van der Waals surface area contributed by atoms with Gasteiger partial charge in [-0.15, -0.1) is 0 Å². The molecule has 0 radical (unpaired) electrons. The Hall–Kier alpha value is -6.90. The average Bonchev–Trinajstić information content (AvgIpc) is 3.56. The Balaban J connectivity index is 1.19. The molecule has 49 heavy (non-hydrogen) atoms. The predicted molar refractivity (Wildman–Crippen MR) is 197 cm³/mol. The van der Waals surface area contributed by atoms with Gasteiger partial charge in [0.1, 0.15) is 11.2 Å². The summed E-state index contributed by atoms with van der Waals surface area (Å²) in [6.45, 7) is 0. The van der Waals surface area contributed by atoms with Gasteiger partial charge in [0.2, 0.25) is 0 Å². The van der Waals surface area contributed by atoms with Gasteiger partial charge in [0, 0.05) is 27.5 Å². The van der Waals surface area contributed by atoms with Crippen LogP contribution in [0.15, 0.2) is 162 Å². The predicted octanol–water partition coefficient (Wildman–Crippen LogP) is 11.1. The lowest BCUT2D eigenvalue weighted by Crippen LogP contribution is -2.00. The lowest BCUT2D eigenvalue weighted by Gasteiger charge is -2.10. The second-order valence-electron chi connectivity index (χ2n) is 12.0. The molecule has 0 aliphatic heterocycles. The van der Waals surface area contributed by atoms with Crippen LogP contribution in [0.3, 0.4) is 0 Å². The molecule has 9 rings (SSSR count). The van der Waals surface area contributed by atoms with E-state index in [1.807, 2.05) is 97.1 Å². The summed E-state index contributed by atoms with van der Waals surface area (Å²) in [6, 6.07) is 55.2. The fraction of sp³-hybridized carbons (Fsp3) is 0. The molecule has 0 N–H and O–H groups in total. The number of hydrogen-bond acceptors (Lipinski definition) is 5. The highest BCUT2D eigenvalue weighted by Gasteiger charge is 2.17. The molecule has 5 nitrogen and oxygen atoms in total. The molecule has 5 heteroatoms. The molecule has 228 valence electrons. The van der Waals surface area contributed by atoms with Gasteiger partial charge in [-0.2, -0.15) is 5.26 Å². The number of benzene rings is 7. The Bertz CT molecular complexity index is 2740. The minimum Gasteiger partial charge on any atom is -0.456 e. The Morgan fingerprint density at radius 2 is 1.04 bits per heavy atom. The van der Waals surface area contributed by atoms with Crippen molar-refractivity contribution in [2.24, 2.45) is 0 Å². The van der Waals surface area contributed by atoms with Crippen LogP contribution < -0.4 is 0 Å². The van der Waals surface area contributed by atoms with E-state index in [1.165, 1.54) is 10.8 Å². The van der Waals surface area contributed by atoms with Crippen molar-refractivity contribution in [3.63, 3.8) is 0 Å². The van der Waals surface area contributed by atoms with Gasteiger partial charge in [0.15, 0.2) is 17.5 Å². The fourth-order valence-electron chi connectivity index (χ4n) is 6.57. The number of hydrogen-bond donors (Lipinski definition) is 0. The van der Waals surface area contributed by atoms with Gasteiger partial charge < -0.3 is 4.42 Å². The standard InChI is InChI=1S/C44H26N4O/c45-27-35-14-6-7-17-36(35)31-15-8-16-33(25-31)43-46-42(29-11-2-1-3-12-29)47-44(48-43)34-22-23-38-40(26-34)49-39-19-9-18-37(41(38)39)32-21-20-28-10-4-5-13-30(28)24-32/h1-26H. The summed E-state index contributed by atoms with van der Waals surface area (Å²) in [6.07, 6.45) is 0. The number of nitriles is 1. The molecule has 0 fully saturated rings. The number of rotatable bonds is 5. The third kappa shape index (κ3) is 5.09. The van der Waals surface area contributed by atoms with Crippen molar-refractivity contribution < 1.29 is 4.42 Å². The van der Waals surface area contributed by atoms with Crippen LogP contribution in [-0.4, -0.2) is 15.0 Å². The highest BCUT2D eigenvalue weighted by atomic mass is 16.3. The third-order valence-electron chi connectivity index (χ3n) is 8.96. The zero-order chi connectivity index (χ0) is 32.7. The summed E-state index contributed by atoms with van der Waals surface area (Å²) >= 11 is 0. The van der Waals surface area contributed by atoms with Crippen LogP contribution in [0.1, 0.15) is 5.56 Å². The lowest BCUT2D eigenvalue weighted by atomic mass is 9.97. The molecule has 7 aromatic carbocycles. The Morgan fingerprint density at radius 3 is 1.88 bits per heavy atom. The van der Waals surface area contributed by atoms with Crippen LogP contribution in [0, 0.1) is 11.3 Å². The maximum Gasteiger partial charge on any atom is 0.164 e. The summed E-state index contributed by atoms with van der Waals surface area (Å²) in [5, 5.41) is 14.3. The normalized spacial score (nSPS) is 11.2. The van der Waals surface area contributed by atoms with Crippen molar-refractivity contribution in [3.05, 3.63) is 163 Å². The van der Waals surface area contributed by atoms with Crippen LogP contribution in [0.4, 0.5) is 0 Å². The lowest BCUT2D eigenvalue weighted by molar-refractivity contribution is 0.669. The Morgan fingerprint density at radius 1 is 0.429 bits per heavy atom. The fourth-order valence-corrected chi connectivity index (χ4v) is 6.57. The minimum atomic E-state index is 0.545. The molecule has 0 aliphatic carbocycles. The second-order valence-corrected chi connectivity index (χ2v) is 12.0. The number of aromatic nitrogens is 3. The van der Waals surface area contributed by atoms with Crippen molar-refractivity contribution in [2.75, 3.05) is 0 Å². The van der Waals surface area contributed by atoms with E-state index < -0.39 is 0 Å². The van der Waals surface area contributed by atoms with Gasteiger partial charge in [0.05, 0.1) is 11.6 Å². The molecule has 0 unspecified atom stereocenters. The monoisotopic (exact) mass is 626 g/mol. The molecule has 0 spiro atoms. The third-order valence-corrected chi connectivity index (χ3v) is 8.96. The largest absolute Gasteiger partial charge is 0.456 e. The SMILES string of the molecule is N#Cc1ccccc1-c1cccc(-c2nc(-c3ccccc3)nc(-c3ccc4c(c3)oc3cccc(-c5ccc6ccccc6c5)c34)n2)c1. The highest BCUT2D eigenvalue weighted by molar-refractivity contribution is 6.13. The maximum atomic E-state index is 9.73. The number of furan rings is 1. The van der Waals surface area contributed by atoms with E-state index in [2.05, 4.69) is 66.7 Å². The van der Waals surface area contributed by atoms with Gasteiger partial charge >= 0.3 is 0 Å². The van der Waals surface area contributed by atoms with Crippen LogP contribution in [-0.2, 0) is 0 Å². The van der Waals surface area contributed by atoms with Gasteiger partial charge in [-0.05, 0) is 69.4 Å². The van der Waals surface area contributed by atoms with Gasteiger partial charge in [-0.1, -0.05) is 121 Å². The summed E-state index contributed by atoms with van der Waals surface area (Å²) < 4.78 is 6.48. The summed E-state index contributed by atoms with van der Waals surface area (Å²) in [7, 11) is 0. The van der Waals surface area contributed by atoms with Gasteiger partial charge in [-0.3, -0.25) is 0 Å². The molecule has 2 aromatic heterocycles. The summed E-state index contributed by atoms with van der Waals surface area (Å²) in [4.78, 5) is 14.9.